The average molecular weight is 306 g/mol. The summed E-state index contributed by atoms with van der Waals surface area (Å²) in [5.74, 6) is 0.508. The van der Waals surface area contributed by atoms with Gasteiger partial charge in [0, 0.05) is 45.5 Å². The molecular weight excluding hydrogens is 280 g/mol. The number of anilines is 1. The molecule has 0 spiro atoms. The molecule has 1 aromatic rings. The van der Waals surface area contributed by atoms with Crippen molar-refractivity contribution in [2.45, 2.75) is 6.92 Å². The third kappa shape index (κ3) is 4.64. The van der Waals surface area contributed by atoms with E-state index in [-0.39, 0.29) is 5.91 Å². The van der Waals surface area contributed by atoms with Crippen molar-refractivity contribution in [1.29, 1.82) is 0 Å². The van der Waals surface area contributed by atoms with Gasteiger partial charge in [-0.05, 0) is 26.7 Å². The van der Waals surface area contributed by atoms with Crippen molar-refractivity contribution >= 4 is 11.9 Å². The van der Waals surface area contributed by atoms with E-state index in [2.05, 4.69) is 32.0 Å². The maximum atomic E-state index is 12.1. The van der Waals surface area contributed by atoms with E-state index >= 15 is 0 Å². The van der Waals surface area contributed by atoms with Crippen molar-refractivity contribution in [3.8, 4) is 0 Å². The zero-order valence-corrected chi connectivity index (χ0v) is 13.7. The molecule has 1 fully saturated rings. The lowest BCUT2D eigenvalue weighted by molar-refractivity contribution is 0.0946. The summed E-state index contributed by atoms with van der Waals surface area (Å²) in [6.07, 6.45) is 1.66. The highest BCUT2D eigenvalue weighted by molar-refractivity contribution is 5.92. The SMILES string of the molecule is CCN1CCN(c2nccc(C(=O)NCCN(C)C)n2)CC1. The van der Waals surface area contributed by atoms with Crippen LogP contribution in [0.15, 0.2) is 12.3 Å². The molecule has 0 bridgehead atoms. The molecule has 2 heterocycles. The molecule has 1 N–H and O–H groups in total. The van der Waals surface area contributed by atoms with Gasteiger partial charge in [0.15, 0.2) is 0 Å². The maximum Gasteiger partial charge on any atom is 0.270 e. The first kappa shape index (κ1) is 16.6. The first-order valence-corrected chi connectivity index (χ1v) is 7.83. The van der Waals surface area contributed by atoms with Gasteiger partial charge in [0.1, 0.15) is 5.69 Å². The maximum absolute atomic E-state index is 12.1. The molecule has 7 heteroatoms. The fourth-order valence-electron chi connectivity index (χ4n) is 2.37. The van der Waals surface area contributed by atoms with Gasteiger partial charge >= 0.3 is 0 Å². The second-order valence-electron chi connectivity index (χ2n) is 5.72. The van der Waals surface area contributed by atoms with Crippen molar-refractivity contribution in [2.75, 3.05) is 64.8 Å². The monoisotopic (exact) mass is 306 g/mol. The van der Waals surface area contributed by atoms with E-state index in [0.29, 0.717) is 18.2 Å². The summed E-state index contributed by atoms with van der Waals surface area (Å²) in [5, 5.41) is 2.88. The summed E-state index contributed by atoms with van der Waals surface area (Å²) in [7, 11) is 3.95. The highest BCUT2D eigenvalue weighted by Gasteiger charge is 2.18. The molecule has 0 radical (unpaired) electrons. The topological polar surface area (TPSA) is 64.6 Å². The normalized spacial score (nSPS) is 16.1. The number of hydrogen-bond donors (Lipinski definition) is 1. The van der Waals surface area contributed by atoms with Crippen LogP contribution < -0.4 is 10.2 Å². The van der Waals surface area contributed by atoms with Gasteiger partial charge in [0.05, 0.1) is 0 Å². The number of aromatic nitrogens is 2. The number of piperazine rings is 1. The van der Waals surface area contributed by atoms with E-state index < -0.39 is 0 Å². The van der Waals surface area contributed by atoms with Gasteiger partial charge in [-0.2, -0.15) is 0 Å². The summed E-state index contributed by atoms with van der Waals surface area (Å²) in [6.45, 7) is 8.49. The number of carbonyl (C=O) groups excluding carboxylic acids is 1. The average Bonchev–Trinajstić information content (AvgIpc) is 2.54. The van der Waals surface area contributed by atoms with Gasteiger partial charge in [-0.1, -0.05) is 6.92 Å². The predicted molar refractivity (Wildman–Crippen MR) is 87.2 cm³/mol. The lowest BCUT2D eigenvalue weighted by Crippen LogP contribution is -2.46. The fraction of sp³-hybridized carbons (Fsp3) is 0.667. The van der Waals surface area contributed by atoms with E-state index in [0.717, 1.165) is 39.3 Å². The lowest BCUT2D eigenvalue weighted by Gasteiger charge is -2.34. The molecule has 1 aliphatic heterocycles. The Bertz CT molecular complexity index is 485. The highest BCUT2D eigenvalue weighted by atomic mass is 16.1. The van der Waals surface area contributed by atoms with Gasteiger partial charge in [-0.15, -0.1) is 0 Å². The van der Waals surface area contributed by atoms with Gasteiger partial charge in [-0.25, -0.2) is 9.97 Å². The van der Waals surface area contributed by atoms with Gasteiger partial charge in [-0.3, -0.25) is 4.79 Å². The van der Waals surface area contributed by atoms with Crippen LogP contribution in [0, 0.1) is 0 Å². The number of likely N-dealkylation sites (N-methyl/N-ethyl adjacent to an activating group) is 2. The van der Waals surface area contributed by atoms with Crippen molar-refractivity contribution in [3.63, 3.8) is 0 Å². The van der Waals surface area contributed by atoms with Crippen LogP contribution in [0.5, 0.6) is 0 Å². The molecule has 0 unspecified atom stereocenters. The zero-order valence-electron chi connectivity index (χ0n) is 13.7. The van der Waals surface area contributed by atoms with Crippen LogP contribution in [0.2, 0.25) is 0 Å². The van der Waals surface area contributed by atoms with E-state index in [4.69, 9.17) is 0 Å². The smallest absolute Gasteiger partial charge is 0.270 e. The van der Waals surface area contributed by atoms with Crippen molar-refractivity contribution in [2.24, 2.45) is 0 Å². The van der Waals surface area contributed by atoms with Gasteiger partial charge < -0.3 is 20.0 Å². The lowest BCUT2D eigenvalue weighted by atomic mass is 10.3. The van der Waals surface area contributed by atoms with E-state index in [1.54, 1.807) is 12.3 Å². The first-order valence-electron chi connectivity index (χ1n) is 7.83. The molecule has 7 nitrogen and oxygen atoms in total. The van der Waals surface area contributed by atoms with Crippen LogP contribution in [0.4, 0.5) is 5.95 Å². The third-order valence-electron chi connectivity index (χ3n) is 3.82. The van der Waals surface area contributed by atoms with Crippen molar-refractivity contribution in [3.05, 3.63) is 18.0 Å². The highest BCUT2D eigenvalue weighted by Crippen LogP contribution is 2.11. The number of nitrogens with zero attached hydrogens (tertiary/aromatic N) is 5. The molecule has 1 aliphatic rings. The second-order valence-corrected chi connectivity index (χ2v) is 5.72. The van der Waals surface area contributed by atoms with Crippen molar-refractivity contribution < 1.29 is 4.79 Å². The van der Waals surface area contributed by atoms with Crippen LogP contribution >= 0.6 is 0 Å². The molecular formula is C15H26N6O. The molecule has 0 aliphatic carbocycles. The minimum Gasteiger partial charge on any atom is -0.349 e. The number of amides is 1. The Morgan fingerprint density at radius 1 is 1.32 bits per heavy atom. The minimum atomic E-state index is -0.141. The largest absolute Gasteiger partial charge is 0.349 e. The Morgan fingerprint density at radius 2 is 2.05 bits per heavy atom. The second kappa shape index (κ2) is 8.05. The summed E-state index contributed by atoms with van der Waals surface area (Å²) < 4.78 is 0. The van der Waals surface area contributed by atoms with E-state index in [1.165, 1.54) is 0 Å². The Hall–Kier alpha value is -1.73. The van der Waals surface area contributed by atoms with Crippen LogP contribution in [-0.2, 0) is 0 Å². The van der Waals surface area contributed by atoms with Crippen LogP contribution in [0.3, 0.4) is 0 Å². The third-order valence-corrected chi connectivity index (χ3v) is 3.82. The Labute approximate surface area is 132 Å². The number of nitrogens with one attached hydrogen (secondary N) is 1. The molecule has 0 aromatic carbocycles. The van der Waals surface area contributed by atoms with Gasteiger partial charge in [0.25, 0.3) is 5.91 Å². The van der Waals surface area contributed by atoms with Gasteiger partial charge in [0.2, 0.25) is 5.95 Å². The molecule has 0 saturated carbocycles. The van der Waals surface area contributed by atoms with Crippen molar-refractivity contribution in [1.82, 2.24) is 25.1 Å². The molecule has 1 aromatic heterocycles. The number of rotatable bonds is 6. The molecule has 1 amide bonds. The molecule has 1 saturated heterocycles. The Morgan fingerprint density at radius 3 is 2.68 bits per heavy atom. The number of hydrogen-bond acceptors (Lipinski definition) is 6. The fourth-order valence-corrected chi connectivity index (χ4v) is 2.37. The number of carbonyl (C=O) groups is 1. The minimum absolute atomic E-state index is 0.141. The first-order chi connectivity index (χ1) is 10.6. The molecule has 0 atom stereocenters. The standard InChI is InChI=1S/C15H26N6O/c1-4-20-9-11-21(12-10-20)15-17-6-5-13(18-15)14(22)16-7-8-19(2)3/h5-6H,4,7-12H2,1-3H3,(H,16,22). The zero-order chi connectivity index (χ0) is 15.9. The summed E-state index contributed by atoms with van der Waals surface area (Å²) >= 11 is 0. The summed E-state index contributed by atoms with van der Waals surface area (Å²) in [5.41, 5.74) is 0.432. The van der Waals surface area contributed by atoms with Crippen LogP contribution in [-0.4, -0.2) is 85.6 Å². The Kier molecular flexibility index (Phi) is 6.09. The predicted octanol–water partition coefficient (Wildman–Crippen LogP) is -0.0901. The Balaban J connectivity index is 1.93. The molecule has 22 heavy (non-hydrogen) atoms. The summed E-state index contributed by atoms with van der Waals surface area (Å²) in [4.78, 5) is 27.4. The summed E-state index contributed by atoms with van der Waals surface area (Å²) in [6, 6.07) is 1.66. The van der Waals surface area contributed by atoms with Crippen LogP contribution in [0.25, 0.3) is 0 Å². The molecule has 2 rings (SSSR count). The van der Waals surface area contributed by atoms with Crippen LogP contribution in [0.1, 0.15) is 17.4 Å². The van der Waals surface area contributed by atoms with E-state index in [1.807, 2.05) is 19.0 Å². The van der Waals surface area contributed by atoms with E-state index in [9.17, 15) is 4.79 Å². The molecule has 122 valence electrons. The quantitative estimate of drug-likeness (QED) is 0.792.